The summed E-state index contributed by atoms with van der Waals surface area (Å²) in [6.45, 7) is 7.53. The number of ketones is 2. The van der Waals surface area contributed by atoms with Crippen LogP contribution in [0.25, 0.3) is 0 Å². The van der Waals surface area contributed by atoms with Gasteiger partial charge in [0.2, 0.25) is 0 Å². The van der Waals surface area contributed by atoms with Crippen LogP contribution in [0.2, 0.25) is 10.0 Å². The molecule has 0 aromatic heterocycles. The van der Waals surface area contributed by atoms with Gasteiger partial charge in [-0.25, -0.2) is 0 Å². The highest BCUT2D eigenvalue weighted by Crippen LogP contribution is 2.48. The summed E-state index contributed by atoms with van der Waals surface area (Å²) in [4.78, 5) is 26.1. The van der Waals surface area contributed by atoms with E-state index in [1.165, 1.54) is 6.07 Å². The molecular weight excluding hydrogens is 411 g/mol. The minimum absolute atomic E-state index is 0.0307. The number of hydrogen-bond donors (Lipinski definition) is 1. The number of rotatable bonds is 3. The summed E-state index contributed by atoms with van der Waals surface area (Å²) < 4.78 is 0. The Labute approximate surface area is 181 Å². The van der Waals surface area contributed by atoms with Crippen molar-refractivity contribution in [3.05, 3.63) is 56.5 Å². The minimum atomic E-state index is -0.987. The lowest BCUT2D eigenvalue weighted by atomic mass is 9.67. The van der Waals surface area contributed by atoms with Gasteiger partial charge in [0, 0.05) is 40.8 Å². The smallest absolute Gasteiger partial charge is 0.163 e. The summed E-state index contributed by atoms with van der Waals surface area (Å²) >= 11 is 12.5. The topological polar surface area (TPSA) is 77.4 Å². The van der Waals surface area contributed by atoms with Gasteiger partial charge < -0.3 is 10.2 Å². The molecule has 0 fully saturated rings. The first-order chi connectivity index (χ1) is 13.3. The van der Waals surface area contributed by atoms with E-state index in [1.807, 2.05) is 27.7 Å². The molecule has 4 nitrogen and oxygen atoms in total. The molecule has 29 heavy (non-hydrogen) atoms. The van der Waals surface area contributed by atoms with Crippen molar-refractivity contribution < 1.29 is 19.8 Å². The molecule has 1 atom stereocenters. The molecule has 0 spiro atoms. The number of halogens is 2. The molecular formula is C23H25Cl2O4-. The zero-order chi connectivity index (χ0) is 21.7. The predicted octanol–water partition coefficient (Wildman–Crippen LogP) is 5.28. The molecule has 2 aliphatic rings. The molecule has 1 unspecified atom stereocenters. The average molecular weight is 436 g/mol. The quantitative estimate of drug-likeness (QED) is 0.699. The average Bonchev–Trinajstić information content (AvgIpc) is 2.50. The van der Waals surface area contributed by atoms with Gasteiger partial charge in [-0.1, -0.05) is 57.0 Å². The molecule has 0 saturated heterocycles. The van der Waals surface area contributed by atoms with Crippen molar-refractivity contribution in [3.8, 4) is 0 Å². The largest absolute Gasteiger partial charge is 0.875 e. The van der Waals surface area contributed by atoms with Crippen molar-refractivity contribution in [1.29, 1.82) is 0 Å². The zero-order valence-corrected chi connectivity index (χ0v) is 18.6. The molecule has 0 saturated carbocycles. The lowest BCUT2D eigenvalue weighted by molar-refractivity contribution is -0.312. The van der Waals surface area contributed by atoms with E-state index in [-0.39, 0.29) is 64.9 Å². The van der Waals surface area contributed by atoms with E-state index in [2.05, 4.69) is 0 Å². The summed E-state index contributed by atoms with van der Waals surface area (Å²) in [7, 11) is 0. The standard InChI is InChI=1S/C23H26Cl2O4/c1-22(2)8-15(26)20(16(27)9-22)19(13-6-5-12(24)7-14(13)25)21-17(28)10-23(3,4)11-18(21)29/h5-7,19,26,28H,8-11H2,1-4H3/p-1. The van der Waals surface area contributed by atoms with Crippen LogP contribution in [0, 0.1) is 10.8 Å². The number of carbonyl (C=O) groups is 2. The summed E-state index contributed by atoms with van der Waals surface area (Å²) in [5, 5.41) is 24.5. The summed E-state index contributed by atoms with van der Waals surface area (Å²) in [6.07, 6.45) is 0.902. The first-order valence-electron chi connectivity index (χ1n) is 9.65. The second kappa shape index (κ2) is 7.48. The van der Waals surface area contributed by atoms with Gasteiger partial charge in [0.15, 0.2) is 11.6 Å². The molecule has 1 aromatic rings. The van der Waals surface area contributed by atoms with E-state index in [0.717, 1.165) is 0 Å². The third-order valence-corrected chi connectivity index (χ3v) is 6.19. The number of benzene rings is 1. The van der Waals surface area contributed by atoms with Crippen LogP contribution in [-0.4, -0.2) is 16.7 Å². The highest BCUT2D eigenvalue weighted by atomic mass is 35.5. The molecule has 0 aliphatic heterocycles. The summed E-state index contributed by atoms with van der Waals surface area (Å²) in [5.74, 6) is -1.95. The van der Waals surface area contributed by atoms with Gasteiger partial charge in [-0.3, -0.25) is 9.59 Å². The van der Waals surface area contributed by atoms with Crippen LogP contribution < -0.4 is 5.11 Å². The Morgan fingerprint density at radius 2 is 1.48 bits per heavy atom. The number of allylic oxidation sites excluding steroid dienone is 4. The van der Waals surface area contributed by atoms with E-state index < -0.39 is 16.7 Å². The second-order valence-electron chi connectivity index (χ2n) is 9.68. The number of Topliss-reactive ketones (excluding diaryl/α,β-unsaturated/α-hetero) is 2. The molecule has 1 N–H and O–H groups in total. The molecule has 0 radical (unpaired) electrons. The monoisotopic (exact) mass is 435 g/mol. The third-order valence-electron chi connectivity index (χ3n) is 5.63. The van der Waals surface area contributed by atoms with Gasteiger partial charge >= 0.3 is 0 Å². The Morgan fingerprint density at radius 1 is 0.931 bits per heavy atom. The van der Waals surface area contributed by atoms with E-state index >= 15 is 0 Å². The number of aliphatic hydroxyl groups excluding tert-OH is 1. The fourth-order valence-electron chi connectivity index (χ4n) is 4.42. The van der Waals surface area contributed by atoms with Crippen LogP contribution in [0.3, 0.4) is 0 Å². The number of carbonyl (C=O) groups excluding carboxylic acids is 2. The minimum Gasteiger partial charge on any atom is -0.875 e. The number of aliphatic hydroxyl groups is 1. The SMILES string of the molecule is CC1(C)CC(=O)C(C(C2=C(O)CC(C)(C)CC2=O)c2ccc(Cl)cc2Cl)=C([O-])C1. The van der Waals surface area contributed by atoms with Gasteiger partial charge in [0.1, 0.15) is 5.76 Å². The molecule has 6 heteroatoms. The van der Waals surface area contributed by atoms with E-state index in [9.17, 15) is 19.8 Å². The number of hydrogen-bond acceptors (Lipinski definition) is 4. The fourth-order valence-corrected chi connectivity index (χ4v) is 4.94. The van der Waals surface area contributed by atoms with Gasteiger partial charge in [0.25, 0.3) is 0 Å². The molecule has 156 valence electrons. The lowest BCUT2D eigenvalue weighted by Crippen LogP contribution is -2.35. The van der Waals surface area contributed by atoms with Crippen molar-refractivity contribution in [3.63, 3.8) is 0 Å². The highest BCUT2D eigenvalue weighted by Gasteiger charge is 2.42. The molecule has 3 rings (SSSR count). The van der Waals surface area contributed by atoms with Gasteiger partial charge in [-0.05, 0) is 40.5 Å². The molecule has 1 aromatic carbocycles. The Bertz CT molecular complexity index is 902. The van der Waals surface area contributed by atoms with E-state index in [4.69, 9.17) is 23.2 Å². The van der Waals surface area contributed by atoms with Crippen LogP contribution in [0.1, 0.15) is 64.9 Å². The van der Waals surface area contributed by atoms with Crippen molar-refractivity contribution in [2.24, 2.45) is 10.8 Å². The van der Waals surface area contributed by atoms with Crippen molar-refractivity contribution >= 4 is 34.8 Å². The van der Waals surface area contributed by atoms with Crippen molar-refractivity contribution in [1.82, 2.24) is 0 Å². The Balaban J connectivity index is 2.27. The molecule has 2 aliphatic carbocycles. The van der Waals surface area contributed by atoms with Crippen LogP contribution in [0.4, 0.5) is 0 Å². The summed E-state index contributed by atoms with van der Waals surface area (Å²) in [6, 6.07) is 4.74. The van der Waals surface area contributed by atoms with Gasteiger partial charge in [-0.2, -0.15) is 0 Å². The summed E-state index contributed by atoms with van der Waals surface area (Å²) in [5.41, 5.74) is -0.275. The van der Waals surface area contributed by atoms with Gasteiger partial charge in [-0.15, -0.1) is 5.76 Å². The van der Waals surface area contributed by atoms with Gasteiger partial charge in [0.05, 0.1) is 0 Å². The first kappa shape index (κ1) is 21.9. The maximum atomic E-state index is 13.1. The first-order valence-corrected chi connectivity index (χ1v) is 10.4. The van der Waals surface area contributed by atoms with Crippen molar-refractivity contribution in [2.45, 2.75) is 59.3 Å². The Morgan fingerprint density at radius 3 is 2.00 bits per heavy atom. The van der Waals surface area contributed by atoms with Crippen LogP contribution in [-0.2, 0) is 9.59 Å². The van der Waals surface area contributed by atoms with E-state index in [0.29, 0.717) is 10.6 Å². The van der Waals surface area contributed by atoms with Crippen molar-refractivity contribution in [2.75, 3.05) is 0 Å². The van der Waals surface area contributed by atoms with E-state index in [1.54, 1.807) is 12.1 Å². The maximum Gasteiger partial charge on any atom is 0.163 e. The molecule has 0 heterocycles. The molecule has 0 amide bonds. The fraction of sp³-hybridized carbons (Fsp3) is 0.478. The third kappa shape index (κ3) is 4.39. The van der Waals surface area contributed by atoms with Crippen LogP contribution in [0.5, 0.6) is 0 Å². The highest BCUT2D eigenvalue weighted by molar-refractivity contribution is 6.35. The predicted molar refractivity (Wildman–Crippen MR) is 112 cm³/mol. The van der Waals surface area contributed by atoms with Crippen LogP contribution in [0.15, 0.2) is 40.9 Å². The Hall–Kier alpha value is -1.78. The van der Waals surface area contributed by atoms with Crippen LogP contribution >= 0.6 is 23.2 Å². The second-order valence-corrected chi connectivity index (χ2v) is 10.5. The normalized spacial score (nSPS) is 22.8. The Kier molecular flexibility index (Phi) is 5.65. The zero-order valence-electron chi connectivity index (χ0n) is 17.1. The lowest BCUT2D eigenvalue weighted by Gasteiger charge is -2.40. The molecule has 0 bridgehead atoms. The maximum absolute atomic E-state index is 13.1.